The molecule has 0 bridgehead atoms. The van der Waals surface area contributed by atoms with Gasteiger partial charge >= 0.3 is 0 Å². The second-order valence-corrected chi connectivity index (χ2v) is 9.36. The van der Waals surface area contributed by atoms with Gasteiger partial charge in [0, 0.05) is 24.5 Å². The van der Waals surface area contributed by atoms with Crippen molar-refractivity contribution in [3.63, 3.8) is 0 Å². The number of carbonyl (C=O) groups is 1. The van der Waals surface area contributed by atoms with E-state index >= 15 is 0 Å². The number of aromatic nitrogens is 2. The molecule has 0 aliphatic carbocycles. The maximum atomic E-state index is 12.0. The number of nitrogens with one attached hydrogen (secondary N) is 1. The van der Waals surface area contributed by atoms with Crippen LogP contribution in [0.3, 0.4) is 0 Å². The van der Waals surface area contributed by atoms with Crippen LogP contribution in [-0.2, 0) is 17.8 Å². The molecule has 0 fully saturated rings. The molecule has 1 N–H and O–H groups in total. The summed E-state index contributed by atoms with van der Waals surface area (Å²) in [6, 6.07) is 22.9. The molecule has 4 rings (SSSR count). The van der Waals surface area contributed by atoms with Gasteiger partial charge in [-0.1, -0.05) is 42.3 Å². The van der Waals surface area contributed by atoms with E-state index in [4.69, 9.17) is 30.8 Å². The van der Waals surface area contributed by atoms with Crippen molar-refractivity contribution in [2.45, 2.75) is 38.6 Å². The van der Waals surface area contributed by atoms with Crippen molar-refractivity contribution in [1.82, 2.24) is 14.9 Å². The van der Waals surface area contributed by atoms with Gasteiger partial charge in [-0.3, -0.25) is 4.79 Å². The summed E-state index contributed by atoms with van der Waals surface area (Å²) in [4.78, 5) is 16.9. The minimum absolute atomic E-state index is 0.00752. The number of nitrogens with zero attached hydrogens (tertiary/aromatic N) is 2. The standard InChI is InChI=1S/C30H34ClN3O4/c1-36-27-12-6-7-13-28(27)37-21-9-20-34-26-11-5-4-10-25(26)33-29(34)14-3-2-8-19-32-30(35)22-38-24-17-15-23(31)16-18-24/h4-7,10-13,15-18H,2-3,8-9,14,19-22H2,1H3,(H,32,35). The lowest BCUT2D eigenvalue weighted by atomic mass is 10.2. The smallest absolute Gasteiger partial charge is 0.257 e. The first-order valence-electron chi connectivity index (χ1n) is 13.0. The van der Waals surface area contributed by atoms with E-state index in [9.17, 15) is 4.79 Å². The average Bonchev–Trinajstić information content (AvgIpc) is 3.30. The van der Waals surface area contributed by atoms with Crippen LogP contribution >= 0.6 is 11.6 Å². The summed E-state index contributed by atoms with van der Waals surface area (Å²) in [7, 11) is 1.65. The molecule has 3 aromatic carbocycles. The van der Waals surface area contributed by atoms with Crippen LogP contribution in [0.2, 0.25) is 5.02 Å². The van der Waals surface area contributed by atoms with Crippen LogP contribution < -0.4 is 19.5 Å². The quantitative estimate of drug-likeness (QED) is 0.187. The van der Waals surface area contributed by atoms with Gasteiger partial charge in [-0.05, 0) is 67.8 Å². The number of aryl methyl sites for hydroxylation is 2. The number of imidazole rings is 1. The van der Waals surface area contributed by atoms with Crippen molar-refractivity contribution in [3.8, 4) is 17.2 Å². The van der Waals surface area contributed by atoms with E-state index < -0.39 is 0 Å². The molecular formula is C30H34ClN3O4. The second-order valence-electron chi connectivity index (χ2n) is 8.92. The van der Waals surface area contributed by atoms with Gasteiger partial charge in [-0.25, -0.2) is 4.98 Å². The van der Waals surface area contributed by atoms with Crippen LogP contribution in [0.4, 0.5) is 0 Å². The molecule has 1 amide bonds. The Kier molecular flexibility index (Phi) is 10.3. The van der Waals surface area contributed by atoms with Crippen molar-refractivity contribution in [3.05, 3.63) is 83.6 Å². The maximum absolute atomic E-state index is 12.0. The highest BCUT2D eigenvalue weighted by atomic mass is 35.5. The van der Waals surface area contributed by atoms with Crippen LogP contribution in [0.25, 0.3) is 11.0 Å². The minimum atomic E-state index is -0.128. The Morgan fingerprint density at radius 3 is 2.47 bits per heavy atom. The molecule has 4 aromatic rings. The highest BCUT2D eigenvalue weighted by Gasteiger charge is 2.11. The number of rotatable bonds is 15. The fraction of sp³-hybridized carbons (Fsp3) is 0.333. The Balaban J connectivity index is 1.19. The van der Waals surface area contributed by atoms with Gasteiger partial charge in [0.05, 0.1) is 24.8 Å². The molecule has 0 radical (unpaired) electrons. The number of hydrogen-bond acceptors (Lipinski definition) is 5. The molecule has 0 unspecified atom stereocenters. The number of halogens is 1. The molecule has 0 saturated heterocycles. The molecule has 200 valence electrons. The zero-order chi connectivity index (χ0) is 26.6. The van der Waals surface area contributed by atoms with Gasteiger partial charge in [0.15, 0.2) is 18.1 Å². The third-order valence-electron chi connectivity index (χ3n) is 6.17. The van der Waals surface area contributed by atoms with Crippen LogP contribution in [-0.4, -0.2) is 42.3 Å². The fourth-order valence-corrected chi connectivity index (χ4v) is 4.38. The molecule has 7 nitrogen and oxygen atoms in total. The summed E-state index contributed by atoms with van der Waals surface area (Å²) in [5, 5.41) is 3.55. The number of amides is 1. The van der Waals surface area contributed by atoms with E-state index in [1.807, 2.05) is 30.3 Å². The second kappa shape index (κ2) is 14.3. The topological polar surface area (TPSA) is 74.6 Å². The number of hydrogen-bond donors (Lipinski definition) is 1. The van der Waals surface area contributed by atoms with Crippen molar-refractivity contribution in [2.75, 3.05) is 26.9 Å². The molecule has 8 heteroatoms. The van der Waals surface area contributed by atoms with E-state index in [2.05, 4.69) is 28.1 Å². The Bertz CT molecular complexity index is 1310. The number of carbonyl (C=O) groups excluding carboxylic acids is 1. The summed E-state index contributed by atoms with van der Waals surface area (Å²) < 4.78 is 19.1. The van der Waals surface area contributed by atoms with Crippen LogP contribution in [0.15, 0.2) is 72.8 Å². The van der Waals surface area contributed by atoms with Crippen molar-refractivity contribution in [2.24, 2.45) is 0 Å². The van der Waals surface area contributed by atoms with Gasteiger partial charge in [0.1, 0.15) is 11.6 Å². The molecule has 0 aliphatic rings. The minimum Gasteiger partial charge on any atom is -0.493 e. The average molecular weight is 536 g/mol. The third kappa shape index (κ3) is 7.89. The van der Waals surface area contributed by atoms with Crippen LogP contribution in [0, 0.1) is 0 Å². The zero-order valence-electron chi connectivity index (χ0n) is 21.7. The lowest BCUT2D eigenvalue weighted by molar-refractivity contribution is -0.123. The van der Waals surface area contributed by atoms with Crippen molar-refractivity contribution in [1.29, 1.82) is 0 Å². The van der Waals surface area contributed by atoms with Gasteiger partial charge in [-0.2, -0.15) is 0 Å². The predicted molar refractivity (Wildman–Crippen MR) is 150 cm³/mol. The number of benzene rings is 3. The van der Waals surface area contributed by atoms with E-state index in [1.54, 1.807) is 31.4 Å². The molecule has 1 heterocycles. The van der Waals surface area contributed by atoms with E-state index in [0.717, 1.165) is 67.0 Å². The first-order chi connectivity index (χ1) is 18.6. The highest BCUT2D eigenvalue weighted by molar-refractivity contribution is 6.30. The molecule has 38 heavy (non-hydrogen) atoms. The normalized spacial score (nSPS) is 10.9. The monoisotopic (exact) mass is 535 g/mol. The first-order valence-corrected chi connectivity index (χ1v) is 13.4. The Labute approximate surface area is 228 Å². The molecule has 0 aliphatic heterocycles. The number of fused-ring (bicyclic) bond motifs is 1. The Morgan fingerprint density at radius 1 is 0.895 bits per heavy atom. The van der Waals surface area contributed by atoms with Gasteiger partial charge in [0.25, 0.3) is 5.91 Å². The Hall–Kier alpha value is -3.71. The number of methoxy groups -OCH3 is 1. The summed E-state index contributed by atoms with van der Waals surface area (Å²) in [5.74, 6) is 3.08. The highest BCUT2D eigenvalue weighted by Crippen LogP contribution is 2.26. The van der Waals surface area contributed by atoms with Gasteiger partial charge in [-0.15, -0.1) is 0 Å². The van der Waals surface area contributed by atoms with E-state index in [1.165, 1.54) is 0 Å². The summed E-state index contributed by atoms with van der Waals surface area (Å²) in [6.07, 6.45) is 4.64. The molecular weight excluding hydrogens is 502 g/mol. The number of para-hydroxylation sites is 4. The summed E-state index contributed by atoms with van der Waals surface area (Å²) in [5.41, 5.74) is 2.16. The Morgan fingerprint density at radius 2 is 1.66 bits per heavy atom. The lowest BCUT2D eigenvalue weighted by Crippen LogP contribution is -2.29. The molecule has 0 spiro atoms. The van der Waals surface area contributed by atoms with Crippen LogP contribution in [0.5, 0.6) is 17.2 Å². The number of ether oxygens (including phenoxy) is 3. The molecule has 0 atom stereocenters. The van der Waals surface area contributed by atoms with Crippen LogP contribution in [0.1, 0.15) is 31.5 Å². The van der Waals surface area contributed by atoms with E-state index in [0.29, 0.717) is 23.9 Å². The lowest BCUT2D eigenvalue weighted by Gasteiger charge is -2.12. The SMILES string of the molecule is COc1ccccc1OCCCn1c(CCCCCNC(=O)COc2ccc(Cl)cc2)nc2ccccc21. The van der Waals surface area contributed by atoms with Gasteiger partial charge in [0.2, 0.25) is 0 Å². The fourth-order valence-electron chi connectivity index (χ4n) is 4.25. The largest absolute Gasteiger partial charge is 0.493 e. The van der Waals surface area contributed by atoms with E-state index in [-0.39, 0.29) is 12.5 Å². The van der Waals surface area contributed by atoms with Crippen molar-refractivity contribution < 1.29 is 19.0 Å². The summed E-state index contributed by atoms with van der Waals surface area (Å²) in [6.45, 7) is 2.04. The van der Waals surface area contributed by atoms with Crippen molar-refractivity contribution >= 4 is 28.5 Å². The summed E-state index contributed by atoms with van der Waals surface area (Å²) >= 11 is 5.86. The zero-order valence-corrected chi connectivity index (χ0v) is 22.5. The molecule has 0 saturated carbocycles. The molecule has 1 aromatic heterocycles. The number of unbranched alkanes of at least 4 members (excludes halogenated alkanes) is 2. The van der Waals surface area contributed by atoms with Gasteiger partial charge < -0.3 is 24.1 Å². The maximum Gasteiger partial charge on any atom is 0.257 e. The predicted octanol–water partition coefficient (Wildman–Crippen LogP) is 6.08. The third-order valence-corrected chi connectivity index (χ3v) is 6.42. The first kappa shape index (κ1) is 27.3.